The second-order valence-electron chi connectivity index (χ2n) is 5.21. The van der Waals surface area contributed by atoms with E-state index < -0.39 is 34.1 Å². The Balaban J connectivity index is 2.33. The molecule has 0 aliphatic carbocycles. The molecule has 1 aliphatic rings. The summed E-state index contributed by atoms with van der Waals surface area (Å²) in [4.78, 5) is 22.4. The highest BCUT2D eigenvalue weighted by Gasteiger charge is 2.45. The second-order valence-corrected chi connectivity index (χ2v) is 7.10. The zero-order valence-corrected chi connectivity index (χ0v) is 13.0. The van der Waals surface area contributed by atoms with Gasteiger partial charge in [0, 0.05) is 13.3 Å². The van der Waals surface area contributed by atoms with E-state index in [4.69, 9.17) is 4.74 Å². The fraction of sp³-hybridized carbons (Fsp3) is 0.429. The molecule has 2 rings (SSSR count). The third kappa shape index (κ3) is 3.28. The van der Waals surface area contributed by atoms with Crippen LogP contribution >= 0.6 is 0 Å². The molecule has 1 N–H and O–H groups in total. The van der Waals surface area contributed by atoms with Crippen molar-refractivity contribution in [2.24, 2.45) is 0 Å². The first-order valence-corrected chi connectivity index (χ1v) is 8.14. The van der Waals surface area contributed by atoms with Crippen LogP contribution < -0.4 is 0 Å². The number of nitrogens with zero attached hydrogens (tertiary/aromatic N) is 1. The van der Waals surface area contributed by atoms with Crippen LogP contribution in [0.25, 0.3) is 0 Å². The van der Waals surface area contributed by atoms with Crippen LogP contribution in [0.3, 0.4) is 0 Å². The van der Waals surface area contributed by atoms with Crippen LogP contribution in [-0.2, 0) is 24.3 Å². The average Bonchev–Trinajstić information content (AvgIpc) is 2.83. The maximum Gasteiger partial charge on any atom is 0.322 e. The summed E-state index contributed by atoms with van der Waals surface area (Å²) in [5.74, 6) is -1.82. The van der Waals surface area contributed by atoms with Crippen molar-refractivity contribution in [3.8, 4) is 0 Å². The molecule has 1 aromatic rings. The predicted molar refractivity (Wildman–Crippen MR) is 76.7 cm³/mol. The van der Waals surface area contributed by atoms with Gasteiger partial charge in [-0.2, -0.15) is 4.31 Å². The topological polar surface area (TPSA) is 101 Å². The third-order valence-corrected chi connectivity index (χ3v) is 5.35. The fourth-order valence-corrected chi connectivity index (χ4v) is 4.05. The van der Waals surface area contributed by atoms with Crippen LogP contribution in [0.4, 0.5) is 0 Å². The molecule has 1 aliphatic heterocycles. The number of carboxylic acid groups (broad SMARTS) is 1. The molecular weight excluding hydrogens is 310 g/mol. The summed E-state index contributed by atoms with van der Waals surface area (Å²) in [6, 6.07) is 4.91. The smallest absolute Gasteiger partial charge is 0.322 e. The molecule has 0 saturated carbocycles. The van der Waals surface area contributed by atoms with Crippen molar-refractivity contribution >= 4 is 22.0 Å². The van der Waals surface area contributed by atoms with Crippen molar-refractivity contribution in [2.45, 2.75) is 37.3 Å². The molecule has 1 fully saturated rings. The summed E-state index contributed by atoms with van der Waals surface area (Å²) in [5.41, 5.74) is 0.896. The van der Waals surface area contributed by atoms with E-state index in [1.165, 1.54) is 19.1 Å². The molecule has 1 heterocycles. The first kappa shape index (κ1) is 16.4. The first-order chi connectivity index (χ1) is 10.2. The van der Waals surface area contributed by atoms with Gasteiger partial charge in [0.05, 0.1) is 11.4 Å². The van der Waals surface area contributed by atoms with Gasteiger partial charge in [0.25, 0.3) is 0 Å². The normalized spacial score (nSPS) is 22.5. The third-order valence-electron chi connectivity index (χ3n) is 3.46. The van der Waals surface area contributed by atoms with Gasteiger partial charge < -0.3 is 9.84 Å². The Hall–Kier alpha value is -1.93. The number of carbonyl (C=O) groups excluding carboxylic acids is 1. The van der Waals surface area contributed by atoms with E-state index in [2.05, 4.69) is 0 Å². The lowest BCUT2D eigenvalue weighted by molar-refractivity contribution is -0.146. The Labute approximate surface area is 128 Å². The molecule has 1 saturated heterocycles. The fourth-order valence-electron chi connectivity index (χ4n) is 2.42. The lowest BCUT2D eigenvalue weighted by atomic mass is 10.2. The van der Waals surface area contributed by atoms with Gasteiger partial charge in [0.2, 0.25) is 10.0 Å². The summed E-state index contributed by atoms with van der Waals surface area (Å²) in [6.45, 7) is 2.86. The van der Waals surface area contributed by atoms with E-state index in [-0.39, 0.29) is 17.9 Å². The molecule has 0 bridgehead atoms. The highest BCUT2D eigenvalue weighted by molar-refractivity contribution is 7.89. The minimum absolute atomic E-state index is 0.0211. The molecule has 0 unspecified atom stereocenters. The monoisotopic (exact) mass is 327 g/mol. The van der Waals surface area contributed by atoms with Gasteiger partial charge in [-0.3, -0.25) is 9.59 Å². The van der Waals surface area contributed by atoms with Crippen LogP contribution in [0, 0.1) is 6.92 Å². The summed E-state index contributed by atoms with van der Waals surface area (Å²) in [7, 11) is -3.96. The number of hydrogen-bond acceptors (Lipinski definition) is 5. The SMILES string of the molecule is CC(=O)O[C@H]1C[C@H](C(=O)O)N(S(=O)(=O)c2ccc(C)cc2)C1. The molecule has 2 atom stereocenters. The molecule has 22 heavy (non-hydrogen) atoms. The van der Waals surface area contributed by atoms with Crippen LogP contribution in [0.15, 0.2) is 29.2 Å². The van der Waals surface area contributed by atoms with Gasteiger partial charge in [-0.15, -0.1) is 0 Å². The van der Waals surface area contributed by atoms with Crippen molar-refractivity contribution in [1.29, 1.82) is 0 Å². The number of sulfonamides is 1. The number of aliphatic carboxylic acids is 1. The molecule has 1 aromatic carbocycles. The Morgan fingerprint density at radius 2 is 1.86 bits per heavy atom. The number of carbonyl (C=O) groups is 2. The lowest BCUT2D eigenvalue weighted by Gasteiger charge is -2.20. The molecule has 0 radical (unpaired) electrons. The minimum atomic E-state index is -3.96. The molecule has 0 aromatic heterocycles. The average molecular weight is 327 g/mol. The van der Waals surface area contributed by atoms with Gasteiger partial charge in [-0.1, -0.05) is 17.7 Å². The van der Waals surface area contributed by atoms with Gasteiger partial charge in [-0.05, 0) is 19.1 Å². The zero-order valence-electron chi connectivity index (χ0n) is 12.2. The molecule has 120 valence electrons. The van der Waals surface area contributed by atoms with E-state index in [1.54, 1.807) is 12.1 Å². The molecule has 0 spiro atoms. The number of ether oxygens (including phenoxy) is 1. The van der Waals surface area contributed by atoms with E-state index >= 15 is 0 Å². The van der Waals surface area contributed by atoms with E-state index in [1.807, 2.05) is 6.92 Å². The Morgan fingerprint density at radius 3 is 2.36 bits per heavy atom. The van der Waals surface area contributed by atoms with Crippen molar-refractivity contribution in [3.05, 3.63) is 29.8 Å². The van der Waals surface area contributed by atoms with Gasteiger partial charge in [-0.25, -0.2) is 8.42 Å². The molecule has 8 heteroatoms. The summed E-state index contributed by atoms with van der Waals surface area (Å²) in [5, 5.41) is 9.24. The number of benzene rings is 1. The number of rotatable bonds is 4. The number of carboxylic acids is 1. The maximum absolute atomic E-state index is 12.6. The van der Waals surface area contributed by atoms with Gasteiger partial charge >= 0.3 is 11.9 Å². The van der Waals surface area contributed by atoms with Crippen LogP contribution in [0.5, 0.6) is 0 Å². The highest BCUT2D eigenvalue weighted by Crippen LogP contribution is 2.28. The Morgan fingerprint density at radius 1 is 1.27 bits per heavy atom. The maximum atomic E-state index is 12.6. The summed E-state index contributed by atoms with van der Waals surface area (Å²) in [6.07, 6.45) is -0.807. The second kappa shape index (κ2) is 6.05. The van der Waals surface area contributed by atoms with E-state index in [0.29, 0.717) is 0 Å². The Kier molecular flexibility index (Phi) is 4.52. The Bertz CT molecular complexity index is 682. The van der Waals surface area contributed by atoms with Gasteiger partial charge in [0.15, 0.2) is 0 Å². The zero-order chi connectivity index (χ0) is 16.5. The largest absolute Gasteiger partial charge is 0.480 e. The molecular formula is C14H17NO6S. The van der Waals surface area contributed by atoms with Crippen LogP contribution in [0.2, 0.25) is 0 Å². The summed E-state index contributed by atoms with van der Waals surface area (Å²) < 4.78 is 31.1. The van der Waals surface area contributed by atoms with Crippen molar-refractivity contribution in [3.63, 3.8) is 0 Å². The van der Waals surface area contributed by atoms with Crippen LogP contribution in [-0.4, -0.2) is 48.5 Å². The number of hydrogen-bond donors (Lipinski definition) is 1. The standard InChI is InChI=1S/C14H17NO6S/c1-9-3-5-12(6-4-9)22(19,20)15-8-11(21-10(2)16)7-13(15)14(17)18/h3-6,11,13H,7-8H2,1-2H3,(H,17,18)/t11-,13+/m0/s1. The van der Waals surface area contributed by atoms with Crippen molar-refractivity contribution in [1.82, 2.24) is 4.31 Å². The van der Waals surface area contributed by atoms with Crippen LogP contribution in [0.1, 0.15) is 18.9 Å². The van der Waals surface area contributed by atoms with E-state index in [9.17, 15) is 23.1 Å². The first-order valence-electron chi connectivity index (χ1n) is 6.70. The minimum Gasteiger partial charge on any atom is -0.480 e. The predicted octanol–water partition coefficient (Wildman–Crippen LogP) is 0.774. The number of esters is 1. The van der Waals surface area contributed by atoms with E-state index in [0.717, 1.165) is 9.87 Å². The highest BCUT2D eigenvalue weighted by atomic mass is 32.2. The molecule has 7 nitrogen and oxygen atoms in total. The number of aryl methyl sites for hydroxylation is 1. The quantitative estimate of drug-likeness (QED) is 0.820. The van der Waals surface area contributed by atoms with Gasteiger partial charge in [0.1, 0.15) is 12.1 Å². The summed E-state index contributed by atoms with van der Waals surface area (Å²) >= 11 is 0. The molecule has 0 amide bonds. The lowest BCUT2D eigenvalue weighted by Crippen LogP contribution is -2.40. The van der Waals surface area contributed by atoms with Crippen molar-refractivity contribution in [2.75, 3.05) is 6.54 Å². The van der Waals surface area contributed by atoms with Crippen molar-refractivity contribution < 1.29 is 27.9 Å².